The van der Waals surface area contributed by atoms with E-state index in [0.717, 1.165) is 4.90 Å². The molecule has 1 atom stereocenters. The molecule has 0 heterocycles. The van der Waals surface area contributed by atoms with Gasteiger partial charge in [0.05, 0.1) is 12.6 Å². The van der Waals surface area contributed by atoms with E-state index in [2.05, 4.69) is 0 Å². The van der Waals surface area contributed by atoms with Crippen LogP contribution in [0.2, 0.25) is 0 Å². The third kappa shape index (κ3) is 3.17. The van der Waals surface area contributed by atoms with Gasteiger partial charge in [-0.25, -0.2) is 0 Å². The van der Waals surface area contributed by atoms with E-state index in [-0.39, 0.29) is 18.4 Å². The number of hydrogen-bond donors (Lipinski definition) is 1. The molecular weight excluding hydrogens is 206 g/mol. The lowest BCUT2D eigenvalue weighted by molar-refractivity contribution is -0.143. The molecule has 0 radical (unpaired) electrons. The average Bonchev–Trinajstić information content (AvgIpc) is 2.25. The van der Waals surface area contributed by atoms with Crippen LogP contribution in [0.5, 0.6) is 0 Å². The van der Waals surface area contributed by atoms with Gasteiger partial charge in [-0.3, -0.25) is 14.5 Å². The van der Waals surface area contributed by atoms with Crippen LogP contribution in [0.15, 0.2) is 30.3 Å². The fraction of sp³-hybridized carbons (Fsp3) is 0.333. The van der Waals surface area contributed by atoms with Crippen molar-refractivity contribution in [1.29, 1.82) is 0 Å². The van der Waals surface area contributed by atoms with E-state index in [9.17, 15) is 14.7 Å². The monoisotopic (exact) mass is 221 g/mol. The molecule has 1 N–H and O–H groups in total. The molecule has 4 nitrogen and oxygen atoms in total. The fourth-order valence-corrected chi connectivity index (χ4v) is 1.43. The van der Waals surface area contributed by atoms with Gasteiger partial charge in [-0.1, -0.05) is 30.3 Å². The van der Waals surface area contributed by atoms with Crippen LogP contribution in [0.3, 0.4) is 0 Å². The standard InChI is InChI=1S/C12H15NO3/c1-9(14)13(10(2)15)8-12(16)11-6-4-3-5-7-11/h3-7,12,16H,8H2,1-2H3. The van der Waals surface area contributed by atoms with Gasteiger partial charge in [0.1, 0.15) is 0 Å². The Balaban J connectivity index is 2.73. The summed E-state index contributed by atoms with van der Waals surface area (Å²) in [7, 11) is 0. The van der Waals surface area contributed by atoms with Gasteiger partial charge < -0.3 is 5.11 Å². The number of imide groups is 1. The fourth-order valence-electron chi connectivity index (χ4n) is 1.43. The number of benzene rings is 1. The molecule has 16 heavy (non-hydrogen) atoms. The van der Waals surface area contributed by atoms with Crippen molar-refractivity contribution < 1.29 is 14.7 Å². The SMILES string of the molecule is CC(=O)N(CC(O)c1ccccc1)C(C)=O. The van der Waals surface area contributed by atoms with Crippen molar-refractivity contribution in [3.05, 3.63) is 35.9 Å². The average molecular weight is 221 g/mol. The second-order valence-corrected chi connectivity index (χ2v) is 3.58. The summed E-state index contributed by atoms with van der Waals surface area (Å²) < 4.78 is 0. The van der Waals surface area contributed by atoms with Crippen molar-refractivity contribution in [3.63, 3.8) is 0 Å². The highest BCUT2D eigenvalue weighted by Gasteiger charge is 2.18. The van der Waals surface area contributed by atoms with E-state index in [4.69, 9.17) is 0 Å². The number of aliphatic hydroxyl groups is 1. The smallest absolute Gasteiger partial charge is 0.226 e. The van der Waals surface area contributed by atoms with Crippen LogP contribution >= 0.6 is 0 Å². The van der Waals surface area contributed by atoms with E-state index in [1.165, 1.54) is 13.8 Å². The Kier molecular flexibility index (Phi) is 4.19. The van der Waals surface area contributed by atoms with Gasteiger partial charge >= 0.3 is 0 Å². The molecule has 1 aromatic carbocycles. The Morgan fingerprint density at radius 3 is 2.12 bits per heavy atom. The summed E-state index contributed by atoms with van der Waals surface area (Å²) in [5.74, 6) is -0.718. The number of carbonyl (C=O) groups excluding carboxylic acids is 2. The molecule has 0 fully saturated rings. The third-order valence-electron chi connectivity index (χ3n) is 2.30. The quantitative estimate of drug-likeness (QED) is 0.832. The molecule has 0 bridgehead atoms. The molecule has 0 aliphatic heterocycles. The molecule has 0 saturated carbocycles. The Morgan fingerprint density at radius 2 is 1.69 bits per heavy atom. The molecule has 0 aliphatic carbocycles. The number of hydrogen-bond acceptors (Lipinski definition) is 3. The van der Waals surface area contributed by atoms with Crippen molar-refractivity contribution in [2.75, 3.05) is 6.54 Å². The van der Waals surface area contributed by atoms with Crippen molar-refractivity contribution in [1.82, 2.24) is 4.90 Å². The molecule has 0 saturated heterocycles. The number of rotatable bonds is 3. The minimum absolute atomic E-state index is 0.00528. The molecule has 86 valence electrons. The molecule has 1 aromatic rings. The van der Waals surface area contributed by atoms with Crippen LogP contribution in [0, 0.1) is 0 Å². The van der Waals surface area contributed by atoms with Crippen molar-refractivity contribution in [2.45, 2.75) is 20.0 Å². The maximum Gasteiger partial charge on any atom is 0.226 e. The van der Waals surface area contributed by atoms with E-state index >= 15 is 0 Å². The molecule has 0 spiro atoms. The van der Waals surface area contributed by atoms with Crippen LogP contribution < -0.4 is 0 Å². The first-order valence-corrected chi connectivity index (χ1v) is 5.04. The summed E-state index contributed by atoms with van der Waals surface area (Å²) in [4.78, 5) is 23.3. The lowest BCUT2D eigenvalue weighted by Crippen LogP contribution is -2.36. The number of carbonyl (C=O) groups is 2. The number of amides is 2. The zero-order valence-corrected chi connectivity index (χ0v) is 9.38. The summed E-state index contributed by atoms with van der Waals surface area (Å²) in [5.41, 5.74) is 0.690. The largest absolute Gasteiger partial charge is 0.387 e. The zero-order chi connectivity index (χ0) is 12.1. The highest BCUT2D eigenvalue weighted by molar-refractivity contribution is 5.92. The molecule has 4 heteroatoms. The topological polar surface area (TPSA) is 57.6 Å². The van der Waals surface area contributed by atoms with Gasteiger partial charge in [0, 0.05) is 13.8 Å². The number of aliphatic hydroxyl groups excluding tert-OH is 1. The normalized spacial score (nSPS) is 11.9. The first-order chi connectivity index (χ1) is 7.52. The molecule has 0 aromatic heterocycles. The molecule has 1 rings (SSSR count). The maximum atomic E-state index is 11.1. The summed E-state index contributed by atoms with van der Waals surface area (Å²) in [6, 6.07) is 8.94. The van der Waals surface area contributed by atoms with Crippen LogP contribution in [-0.4, -0.2) is 28.4 Å². The minimum Gasteiger partial charge on any atom is -0.387 e. The van der Waals surface area contributed by atoms with Gasteiger partial charge in [-0.2, -0.15) is 0 Å². The maximum absolute atomic E-state index is 11.1. The summed E-state index contributed by atoms with van der Waals surface area (Å²) in [6.07, 6.45) is -0.839. The molecule has 1 unspecified atom stereocenters. The van der Waals surface area contributed by atoms with E-state index < -0.39 is 6.10 Å². The minimum atomic E-state index is -0.839. The highest BCUT2D eigenvalue weighted by atomic mass is 16.3. The Labute approximate surface area is 94.5 Å². The molecular formula is C12H15NO3. The zero-order valence-electron chi connectivity index (χ0n) is 9.38. The van der Waals surface area contributed by atoms with Crippen LogP contribution in [0.1, 0.15) is 25.5 Å². The van der Waals surface area contributed by atoms with Crippen molar-refractivity contribution in [3.8, 4) is 0 Å². The van der Waals surface area contributed by atoms with Gasteiger partial charge in [0.2, 0.25) is 11.8 Å². The second kappa shape index (κ2) is 5.42. The highest BCUT2D eigenvalue weighted by Crippen LogP contribution is 2.13. The number of nitrogens with zero attached hydrogens (tertiary/aromatic N) is 1. The van der Waals surface area contributed by atoms with Crippen LogP contribution in [0.25, 0.3) is 0 Å². The molecule has 2 amide bonds. The lowest BCUT2D eigenvalue weighted by atomic mass is 10.1. The van der Waals surface area contributed by atoms with Crippen LogP contribution in [-0.2, 0) is 9.59 Å². The van der Waals surface area contributed by atoms with E-state index in [0.29, 0.717) is 5.56 Å². The second-order valence-electron chi connectivity index (χ2n) is 3.58. The first kappa shape index (κ1) is 12.4. The van der Waals surface area contributed by atoms with Crippen LogP contribution in [0.4, 0.5) is 0 Å². The Morgan fingerprint density at radius 1 is 1.19 bits per heavy atom. The van der Waals surface area contributed by atoms with Crippen molar-refractivity contribution in [2.24, 2.45) is 0 Å². The third-order valence-corrected chi connectivity index (χ3v) is 2.30. The summed E-state index contributed by atoms with van der Waals surface area (Å²) >= 11 is 0. The predicted molar refractivity (Wildman–Crippen MR) is 59.5 cm³/mol. The Bertz CT molecular complexity index is 361. The van der Waals surface area contributed by atoms with Gasteiger partial charge in [-0.05, 0) is 5.56 Å². The first-order valence-electron chi connectivity index (χ1n) is 5.04. The van der Waals surface area contributed by atoms with Gasteiger partial charge in [0.25, 0.3) is 0 Å². The van der Waals surface area contributed by atoms with E-state index in [1.807, 2.05) is 6.07 Å². The van der Waals surface area contributed by atoms with E-state index in [1.54, 1.807) is 24.3 Å². The predicted octanol–water partition coefficient (Wildman–Crippen LogP) is 1.11. The summed E-state index contributed by atoms with van der Waals surface area (Å²) in [5, 5.41) is 9.84. The van der Waals surface area contributed by atoms with Gasteiger partial charge in [-0.15, -0.1) is 0 Å². The summed E-state index contributed by atoms with van der Waals surface area (Å²) in [6.45, 7) is 2.60. The van der Waals surface area contributed by atoms with Gasteiger partial charge in [0.15, 0.2) is 0 Å². The molecule has 0 aliphatic rings. The van der Waals surface area contributed by atoms with Crippen molar-refractivity contribution >= 4 is 11.8 Å². The Hall–Kier alpha value is -1.68. The lowest BCUT2D eigenvalue weighted by Gasteiger charge is -2.20.